The molecule has 21 heavy (non-hydrogen) atoms. The van der Waals surface area contributed by atoms with E-state index in [2.05, 4.69) is 15.3 Å². The molecule has 106 valence electrons. The topological polar surface area (TPSA) is 54.9 Å². The van der Waals surface area contributed by atoms with Gasteiger partial charge in [-0.25, -0.2) is 9.97 Å². The zero-order chi connectivity index (χ0) is 15.0. The zero-order valence-corrected chi connectivity index (χ0v) is 13.2. The molecule has 1 aromatic carbocycles. The van der Waals surface area contributed by atoms with Gasteiger partial charge in [-0.1, -0.05) is 17.7 Å². The van der Waals surface area contributed by atoms with Crippen molar-refractivity contribution in [2.24, 2.45) is 0 Å². The molecule has 0 bridgehead atoms. The van der Waals surface area contributed by atoms with Crippen molar-refractivity contribution < 1.29 is 4.79 Å². The summed E-state index contributed by atoms with van der Waals surface area (Å²) in [5.41, 5.74) is 1.19. The Morgan fingerprint density at radius 3 is 2.90 bits per heavy atom. The van der Waals surface area contributed by atoms with Crippen LogP contribution in [0.1, 0.15) is 10.4 Å². The van der Waals surface area contributed by atoms with Gasteiger partial charge in [-0.05, 0) is 29.8 Å². The SMILES string of the molecule is CNC(=O)c1cccc2sc(-c3nc(Cl)ncc3Cl)cc12. The Morgan fingerprint density at radius 2 is 2.14 bits per heavy atom. The first-order valence-electron chi connectivity index (χ1n) is 6.03. The first-order chi connectivity index (χ1) is 10.1. The Balaban J connectivity index is 2.22. The molecule has 3 aromatic rings. The molecule has 0 atom stereocenters. The summed E-state index contributed by atoms with van der Waals surface area (Å²) in [6.45, 7) is 0. The van der Waals surface area contributed by atoms with Crippen LogP contribution in [0.5, 0.6) is 0 Å². The fraction of sp³-hybridized carbons (Fsp3) is 0.0714. The number of amides is 1. The Morgan fingerprint density at radius 1 is 1.33 bits per heavy atom. The van der Waals surface area contributed by atoms with Crippen molar-refractivity contribution in [3.8, 4) is 10.6 Å². The van der Waals surface area contributed by atoms with Crippen LogP contribution in [0.2, 0.25) is 10.3 Å². The zero-order valence-electron chi connectivity index (χ0n) is 10.9. The maximum absolute atomic E-state index is 11.9. The van der Waals surface area contributed by atoms with Crippen LogP contribution in [0, 0.1) is 0 Å². The first-order valence-corrected chi connectivity index (χ1v) is 7.60. The van der Waals surface area contributed by atoms with Crippen molar-refractivity contribution in [1.82, 2.24) is 15.3 Å². The van der Waals surface area contributed by atoms with Gasteiger partial charge in [0.25, 0.3) is 5.91 Å². The smallest absolute Gasteiger partial charge is 0.251 e. The van der Waals surface area contributed by atoms with Crippen LogP contribution in [0.25, 0.3) is 20.7 Å². The molecule has 3 rings (SSSR count). The van der Waals surface area contributed by atoms with Crippen LogP contribution in [0.4, 0.5) is 0 Å². The lowest BCUT2D eigenvalue weighted by Gasteiger charge is -2.00. The maximum atomic E-state index is 11.9. The fourth-order valence-corrected chi connectivity index (χ4v) is 3.50. The van der Waals surface area contributed by atoms with Crippen molar-refractivity contribution in [2.75, 3.05) is 7.05 Å². The molecule has 0 aliphatic heterocycles. The number of nitrogens with one attached hydrogen (secondary N) is 1. The van der Waals surface area contributed by atoms with E-state index in [-0.39, 0.29) is 11.2 Å². The van der Waals surface area contributed by atoms with E-state index in [1.165, 1.54) is 17.5 Å². The number of hydrogen-bond donors (Lipinski definition) is 1. The molecule has 1 amide bonds. The molecule has 7 heteroatoms. The highest BCUT2D eigenvalue weighted by molar-refractivity contribution is 7.22. The van der Waals surface area contributed by atoms with Gasteiger partial charge < -0.3 is 5.32 Å². The monoisotopic (exact) mass is 337 g/mol. The maximum Gasteiger partial charge on any atom is 0.251 e. The highest BCUT2D eigenvalue weighted by Gasteiger charge is 2.15. The number of thiophene rings is 1. The van der Waals surface area contributed by atoms with E-state index in [1.54, 1.807) is 13.1 Å². The molecule has 0 fully saturated rings. The summed E-state index contributed by atoms with van der Waals surface area (Å²) in [6.07, 6.45) is 1.47. The lowest BCUT2D eigenvalue weighted by Crippen LogP contribution is -2.17. The molecular formula is C14H9Cl2N3OS. The van der Waals surface area contributed by atoms with Crippen LogP contribution in [-0.2, 0) is 0 Å². The minimum absolute atomic E-state index is 0.128. The summed E-state index contributed by atoms with van der Waals surface area (Å²) in [4.78, 5) is 20.8. The highest BCUT2D eigenvalue weighted by Crippen LogP contribution is 2.37. The Labute approximate surface area is 134 Å². The minimum atomic E-state index is -0.128. The van der Waals surface area contributed by atoms with Crippen molar-refractivity contribution in [3.63, 3.8) is 0 Å². The molecule has 1 N–H and O–H groups in total. The third-order valence-corrected chi connectivity index (χ3v) is 4.55. The van der Waals surface area contributed by atoms with Gasteiger partial charge in [0, 0.05) is 22.7 Å². The van der Waals surface area contributed by atoms with Gasteiger partial charge in [0.2, 0.25) is 5.28 Å². The Kier molecular flexibility index (Phi) is 3.80. The number of hydrogen-bond acceptors (Lipinski definition) is 4. The molecule has 2 aromatic heterocycles. The van der Waals surface area contributed by atoms with Gasteiger partial charge in [0.15, 0.2) is 0 Å². The van der Waals surface area contributed by atoms with Gasteiger partial charge in [0.05, 0.1) is 16.1 Å². The third-order valence-electron chi connectivity index (χ3n) is 2.98. The average Bonchev–Trinajstić information content (AvgIpc) is 2.92. The summed E-state index contributed by atoms with van der Waals surface area (Å²) < 4.78 is 0.983. The summed E-state index contributed by atoms with van der Waals surface area (Å²) in [5.74, 6) is -0.128. The van der Waals surface area contributed by atoms with E-state index in [0.29, 0.717) is 16.3 Å². The number of benzene rings is 1. The van der Waals surface area contributed by atoms with Crippen LogP contribution in [-0.4, -0.2) is 22.9 Å². The number of carbonyl (C=O) groups excluding carboxylic acids is 1. The number of rotatable bonds is 2. The van der Waals surface area contributed by atoms with E-state index in [0.717, 1.165) is 15.0 Å². The summed E-state index contributed by atoms with van der Waals surface area (Å²) >= 11 is 13.5. The fourth-order valence-electron chi connectivity index (χ4n) is 2.03. The molecule has 0 saturated carbocycles. The highest BCUT2D eigenvalue weighted by atomic mass is 35.5. The number of nitrogens with zero attached hydrogens (tertiary/aromatic N) is 2. The van der Waals surface area contributed by atoms with Gasteiger partial charge in [-0.15, -0.1) is 11.3 Å². The number of halogens is 2. The molecule has 2 heterocycles. The molecule has 0 radical (unpaired) electrons. The van der Waals surface area contributed by atoms with E-state index < -0.39 is 0 Å². The number of fused-ring (bicyclic) bond motifs is 1. The third kappa shape index (κ3) is 2.60. The van der Waals surface area contributed by atoms with Gasteiger partial charge in [-0.2, -0.15) is 0 Å². The molecule has 0 aliphatic rings. The lowest BCUT2D eigenvalue weighted by atomic mass is 10.1. The second-order valence-corrected chi connectivity index (χ2v) is 6.07. The van der Waals surface area contributed by atoms with Crippen molar-refractivity contribution in [1.29, 1.82) is 0 Å². The first kappa shape index (κ1) is 14.3. The van der Waals surface area contributed by atoms with Crippen molar-refractivity contribution in [2.45, 2.75) is 0 Å². The molecule has 0 aliphatic carbocycles. The van der Waals surface area contributed by atoms with E-state index >= 15 is 0 Å². The standard InChI is InChI=1S/C14H9Cl2N3OS/c1-17-13(20)7-3-2-4-10-8(7)5-11(21-10)12-9(15)6-18-14(16)19-12/h2-6H,1H3,(H,17,20). The molecule has 0 saturated heterocycles. The number of aromatic nitrogens is 2. The van der Waals surface area contributed by atoms with Crippen molar-refractivity contribution >= 4 is 50.5 Å². The van der Waals surface area contributed by atoms with Gasteiger partial charge in [0.1, 0.15) is 5.69 Å². The Bertz CT molecular complexity index is 847. The Hall–Kier alpha value is -1.69. The van der Waals surface area contributed by atoms with E-state index in [4.69, 9.17) is 23.2 Å². The van der Waals surface area contributed by atoms with Gasteiger partial charge in [-0.3, -0.25) is 4.79 Å². The predicted octanol–water partition coefficient (Wildman–Crippen LogP) is 4.02. The van der Waals surface area contributed by atoms with Crippen molar-refractivity contribution in [3.05, 3.63) is 46.3 Å². The lowest BCUT2D eigenvalue weighted by molar-refractivity contribution is 0.0965. The molecule has 4 nitrogen and oxygen atoms in total. The van der Waals surface area contributed by atoms with Crippen LogP contribution in [0.3, 0.4) is 0 Å². The average molecular weight is 338 g/mol. The molecule has 0 spiro atoms. The summed E-state index contributed by atoms with van der Waals surface area (Å²) in [5, 5.41) is 4.06. The van der Waals surface area contributed by atoms with E-state index in [1.807, 2.05) is 18.2 Å². The van der Waals surface area contributed by atoms with Crippen LogP contribution < -0.4 is 5.32 Å². The van der Waals surface area contributed by atoms with Crippen LogP contribution >= 0.6 is 34.5 Å². The quantitative estimate of drug-likeness (QED) is 0.718. The predicted molar refractivity (Wildman–Crippen MR) is 86.3 cm³/mol. The van der Waals surface area contributed by atoms with E-state index in [9.17, 15) is 4.79 Å². The van der Waals surface area contributed by atoms with Crippen LogP contribution in [0.15, 0.2) is 30.5 Å². The normalized spacial score (nSPS) is 10.8. The minimum Gasteiger partial charge on any atom is -0.355 e. The molecule has 0 unspecified atom stereocenters. The largest absolute Gasteiger partial charge is 0.355 e. The molecular weight excluding hydrogens is 329 g/mol. The second-order valence-electron chi connectivity index (χ2n) is 4.24. The summed E-state index contributed by atoms with van der Waals surface area (Å²) in [7, 11) is 1.61. The number of carbonyl (C=O) groups is 1. The van der Waals surface area contributed by atoms with Gasteiger partial charge >= 0.3 is 0 Å². The summed E-state index contributed by atoms with van der Waals surface area (Å²) in [6, 6.07) is 7.48. The second kappa shape index (κ2) is 5.60.